The Hall–Kier alpha value is -1.59. The number of hydrogen-bond donors (Lipinski definition) is 0. The molecule has 0 saturated carbocycles. The van der Waals surface area contributed by atoms with Gasteiger partial charge in [-0.3, -0.25) is 0 Å². The average molecular weight is 480 g/mol. The fraction of sp³-hybridized carbons (Fsp3) is 0.600. The number of halogens is 6. The maximum absolute atomic E-state index is 12.8. The minimum Gasteiger partial charge on any atom is -0.743 e. The third-order valence-electron chi connectivity index (χ3n) is 4.18. The molecule has 0 bridgehead atoms. The Morgan fingerprint density at radius 1 is 0.806 bits per heavy atom. The minimum absolute atomic E-state index is 0.186. The predicted molar refractivity (Wildman–Crippen MR) is 109 cm³/mol. The second-order valence-corrected chi connectivity index (χ2v) is 8.38. The van der Waals surface area contributed by atoms with Crippen LogP contribution in [0, 0.1) is 0 Å². The van der Waals surface area contributed by atoms with Crippen LogP contribution < -0.4 is 0 Å². The van der Waals surface area contributed by atoms with Gasteiger partial charge in [0, 0.05) is 6.42 Å². The smallest absolute Gasteiger partial charge is 0.389 e. The third-order valence-corrected chi connectivity index (χ3v) is 5.10. The number of hydrogen-bond acceptors (Lipinski definition) is 3. The second-order valence-electron chi connectivity index (χ2n) is 6.92. The van der Waals surface area contributed by atoms with Crippen molar-refractivity contribution in [1.29, 1.82) is 0 Å². The van der Waals surface area contributed by atoms with Crippen LogP contribution in [0.1, 0.15) is 32.1 Å². The van der Waals surface area contributed by atoms with E-state index in [0.717, 1.165) is 30.7 Å². The summed E-state index contributed by atoms with van der Waals surface area (Å²) in [5.41, 5.74) is 0. The van der Waals surface area contributed by atoms with E-state index in [1.165, 1.54) is 0 Å². The molecule has 1 unspecified atom stereocenters. The van der Waals surface area contributed by atoms with Crippen LogP contribution in [-0.4, -0.2) is 61.2 Å². The zero-order valence-electron chi connectivity index (χ0n) is 17.4. The fourth-order valence-corrected chi connectivity index (χ4v) is 3.12. The number of rotatable bonds is 15. The molecule has 0 aliphatic heterocycles. The SMILES string of the molecule is C=CC[N+](CC=C)(CC=C)CC=C.O=S(=O)([O-])C(F)(F)C(F)CCCCCC(F)(F)F. The first kappa shape index (κ1) is 31.6. The van der Waals surface area contributed by atoms with Crippen molar-refractivity contribution < 1.29 is 43.8 Å². The van der Waals surface area contributed by atoms with Gasteiger partial charge in [0.05, 0.1) is 26.2 Å². The van der Waals surface area contributed by atoms with Crippen molar-refractivity contribution in [2.45, 2.75) is 49.7 Å². The highest BCUT2D eigenvalue weighted by atomic mass is 32.2. The topological polar surface area (TPSA) is 57.2 Å². The zero-order chi connectivity index (χ0) is 24.8. The summed E-state index contributed by atoms with van der Waals surface area (Å²) in [4.78, 5) is 0. The molecule has 0 saturated heterocycles. The van der Waals surface area contributed by atoms with Crippen LogP contribution in [0.5, 0.6) is 0 Å². The molecule has 0 aromatic heterocycles. The molecule has 0 aromatic rings. The average Bonchev–Trinajstić information content (AvgIpc) is 2.60. The predicted octanol–water partition coefficient (Wildman–Crippen LogP) is 5.52. The van der Waals surface area contributed by atoms with E-state index in [2.05, 4.69) is 26.3 Å². The normalized spacial score (nSPS) is 13.5. The Balaban J connectivity index is 0. The highest BCUT2D eigenvalue weighted by Crippen LogP contribution is 2.31. The van der Waals surface area contributed by atoms with Gasteiger partial charge in [0.2, 0.25) is 0 Å². The molecule has 182 valence electrons. The van der Waals surface area contributed by atoms with Crippen molar-refractivity contribution in [2.75, 3.05) is 26.2 Å². The van der Waals surface area contributed by atoms with Gasteiger partial charge in [-0.05, 0) is 37.1 Å². The van der Waals surface area contributed by atoms with E-state index in [9.17, 15) is 39.3 Å². The van der Waals surface area contributed by atoms with Gasteiger partial charge in [-0.2, -0.15) is 22.0 Å². The van der Waals surface area contributed by atoms with Gasteiger partial charge in [0.15, 0.2) is 16.3 Å². The lowest BCUT2D eigenvalue weighted by Gasteiger charge is -2.35. The molecule has 0 radical (unpaired) electrons. The van der Waals surface area contributed by atoms with Crippen molar-refractivity contribution in [3.05, 3.63) is 50.6 Å². The molecule has 0 heterocycles. The Morgan fingerprint density at radius 3 is 1.48 bits per heavy atom. The van der Waals surface area contributed by atoms with Crippen molar-refractivity contribution in [3.63, 3.8) is 0 Å². The van der Waals surface area contributed by atoms with Gasteiger partial charge < -0.3 is 9.04 Å². The third kappa shape index (κ3) is 13.4. The minimum atomic E-state index is -6.11. The lowest BCUT2D eigenvalue weighted by molar-refractivity contribution is -0.906. The van der Waals surface area contributed by atoms with E-state index < -0.39 is 40.6 Å². The first-order chi connectivity index (χ1) is 14.1. The summed E-state index contributed by atoms with van der Waals surface area (Å²) in [6.45, 7) is 18.8. The van der Waals surface area contributed by atoms with Crippen LogP contribution in [0.4, 0.5) is 26.3 Å². The van der Waals surface area contributed by atoms with Gasteiger partial charge >= 0.3 is 11.4 Å². The molecule has 0 aromatic carbocycles. The standard InChI is InChI=1S/C12H20N.C8H12F6O3S/c1-5-9-13(10-6-2,11-7-3)12-8-4;9-6(8(13,14)18(15,16)17)4-2-1-3-5-7(10,11)12/h5-8H,1-4,9-12H2;6H,1-5H2,(H,15,16,17)/q+1;/p-1. The molecule has 0 spiro atoms. The molecule has 0 aliphatic carbocycles. The van der Waals surface area contributed by atoms with Gasteiger partial charge in [-0.25, -0.2) is 12.8 Å². The highest BCUT2D eigenvalue weighted by Gasteiger charge is 2.46. The summed E-state index contributed by atoms with van der Waals surface area (Å²) in [7, 11) is -6.11. The van der Waals surface area contributed by atoms with E-state index >= 15 is 0 Å². The van der Waals surface area contributed by atoms with Gasteiger partial charge in [0.25, 0.3) is 0 Å². The Bertz CT molecular complexity index is 617. The molecule has 4 nitrogen and oxygen atoms in total. The van der Waals surface area contributed by atoms with Crippen LogP contribution >= 0.6 is 0 Å². The number of quaternary nitrogens is 1. The van der Waals surface area contributed by atoms with Crippen molar-refractivity contribution in [3.8, 4) is 0 Å². The maximum Gasteiger partial charge on any atom is 0.389 e. The summed E-state index contributed by atoms with van der Waals surface area (Å²) in [5.74, 6) is 0. The van der Waals surface area contributed by atoms with E-state index in [1.54, 1.807) is 0 Å². The highest BCUT2D eigenvalue weighted by molar-refractivity contribution is 7.86. The molecule has 0 aliphatic rings. The molecule has 0 N–H and O–H groups in total. The number of alkyl halides is 6. The summed E-state index contributed by atoms with van der Waals surface area (Å²) < 4.78 is 104. The number of unbranched alkanes of at least 4 members (excludes halogenated alkanes) is 2. The summed E-state index contributed by atoms with van der Waals surface area (Å²) in [5, 5.41) is -5.04. The van der Waals surface area contributed by atoms with Crippen LogP contribution in [0.3, 0.4) is 0 Å². The second kappa shape index (κ2) is 14.5. The first-order valence-corrected chi connectivity index (χ1v) is 10.9. The molecule has 1 atom stereocenters. The van der Waals surface area contributed by atoms with E-state index in [4.69, 9.17) is 0 Å². The maximum atomic E-state index is 12.8. The van der Waals surface area contributed by atoms with Crippen LogP contribution in [0.15, 0.2) is 50.6 Å². The van der Waals surface area contributed by atoms with Crippen LogP contribution in [0.2, 0.25) is 0 Å². The molecule has 0 fully saturated rings. The van der Waals surface area contributed by atoms with Gasteiger partial charge in [-0.15, -0.1) is 0 Å². The quantitative estimate of drug-likeness (QED) is 0.102. The Kier molecular flexibility index (Phi) is 14.7. The van der Waals surface area contributed by atoms with Gasteiger partial charge in [0.1, 0.15) is 0 Å². The van der Waals surface area contributed by atoms with Crippen LogP contribution in [0.25, 0.3) is 0 Å². The lowest BCUT2D eigenvalue weighted by atomic mass is 10.1. The molecule has 0 amide bonds. The van der Waals surface area contributed by atoms with Crippen molar-refractivity contribution >= 4 is 10.1 Å². The molecule has 0 rings (SSSR count). The van der Waals surface area contributed by atoms with E-state index in [-0.39, 0.29) is 19.3 Å². The Morgan fingerprint density at radius 2 is 1.19 bits per heavy atom. The zero-order valence-corrected chi connectivity index (χ0v) is 18.2. The summed E-state index contributed by atoms with van der Waals surface area (Å²) in [6, 6.07) is 0. The Labute approximate surface area is 181 Å². The molecular formula is C20H31F6NO3S. The fourth-order valence-electron chi connectivity index (χ4n) is 2.69. The summed E-state index contributed by atoms with van der Waals surface area (Å²) >= 11 is 0. The van der Waals surface area contributed by atoms with E-state index in [0.29, 0.717) is 0 Å². The van der Waals surface area contributed by atoms with E-state index in [1.807, 2.05) is 24.3 Å². The largest absolute Gasteiger partial charge is 0.743 e. The number of nitrogens with zero attached hydrogens (tertiary/aromatic N) is 1. The molecule has 11 heteroatoms. The van der Waals surface area contributed by atoms with Crippen molar-refractivity contribution in [1.82, 2.24) is 0 Å². The first-order valence-electron chi connectivity index (χ1n) is 9.45. The molecular weight excluding hydrogens is 448 g/mol. The lowest BCUT2D eigenvalue weighted by Crippen LogP contribution is -2.48. The summed E-state index contributed by atoms with van der Waals surface area (Å²) in [6.07, 6.45) is -2.83. The van der Waals surface area contributed by atoms with Crippen molar-refractivity contribution in [2.24, 2.45) is 0 Å². The monoisotopic (exact) mass is 479 g/mol. The van der Waals surface area contributed by atoms with Crippen LogP contribution in [-0.2, 0) is 10.1 Å². The molecule has 31 heavy (non-hydrogen) atoms. The van der Waals surface area contributed by atoms with Gasteiger partial charge in [-0.1, -0.05) is 39.2 Å².